The van der Waals surface area contributed by atoms with Crippen LogP contribution in [-0.4, -0.2) is 30.1 Å². The molecule has 13 heavy (non-hydrogen) atoms. The molecule has 0 rings (SSSR count). The Balaban J connectivity index is 3.98. The van der Waals surface area contributed by atoms with Gasteiger partial charge in [0.15, 0.2) is 0 Å². The quantitative estimate of drug-likeness (QED) is 0.630. The van der Waals surface area contributed by atoms with Gasteiger partial charge in [0.05, 0.1) is 6.54 Å². The third-order valence-corrected chi connectivity index (χ3v) is 2.17. The van der Waals surface area contributed by atoms with Crippen LogP contribution in [0.5, 0.6) is 0 Å². The normalized spacial score (nSPS) is 15.4. The van der Waals surface area contributed by atoms with E-state index in [1.807, 2.05) is 0 Å². The fourth-order valence-electron chi connectivity index (χ4n) is 1.57. The van der Waals surface area contributed by atoms with Gasteiger partial charge in [0.25, 0.3) is 0 Å². The number of hydrogen-bond acceptors (Lipinski definition) is 2. The third kappa shape index (κ3) is 5.68. The molecule has 1 atom stereocenters. The van der Waals surface area contributed by atoms with Gasteiger partial charge >= 0.3 is 0 Å². The lowest BCUT2D eigenvalue weighted by Crippen LogP contribution is -2.47. The Labute approximate surface area is 82.5 Å². The van der Waals surface area contributed by atoms with Crippen molar-refractivity contribution in [3.05, 3.63) is 0 Å². The molecule has 0 aliphatic carbocycles. The van der Waals surface area contributed by atoms with Crippen molar-refractivity contribution in [3.63, 3.8) is 0 Å². The molecule has 1 unspecified atom stereocenters. The molecule has 0 aromatic rings. The van der Waals surface area contributed by atoms with E-state index in [1.54, 1.807) is 0 Å². The molecule has 0 saturated carbocycles. The molecule has 2 heteroatoms. The number of hydrogen-bond donors (Lipinski definition) is 1. The summed E-state index contributed by atoms with van der Waals surface area (Å²) in [5.41, 5.74) is 6.03. The maximum atomic E-state index is 6.12. The highest BCUT2D eigenvalue weighted by Crippen LogP contribution is 2.10. The summed E-state index contributed by atoms with van der Waals surface area (Å²) in [7, 11) is 0. The lowest BCUT2D eigenvalue weighted by Gasteiger charge is -2.30. The standard InChI is InChI=1S/C11H22N2/c1-5-8-11(4,12)10-13(7-3)9-6-2/h2H,5,7-10,12H2,1,3-4H3. The summed E-state index contributed by atoms with van der Waals surface area (Å²) in [5.74, 6) is 2.65. The van der Waals surface area contributed by atoms with E-state index in [1.165, 1.54) is 0 Å². The number of terminal acetylenes is 1. The summed E-state index contributed by atoms with van der Waals surface area (Å²) < 4.78 is 0. The summed E-state index contributed by atoms with van der Waals surface area (Å²) in [5, 5.41) is 0. The summed E-state index contributed by atoms with van der Waals surface area (Å²) in [6.45, 7) is 8.92. The average Bonchev–Trinajstić information content (AvgIpc) is 2.03. The lowest BCUT2D eigenvalue weighted by molar-refractivity contribution is 0.239. The minimum atomic E-state index is -0.0956. The van der Waals surface area contributed by atoms with Gasteiger partial charge in [-0.1, -0.05) is 26.2 Å². The minimum absolute atomic E-state index is 0.0956. The Morgan fingerprint density at radius 3 is 2.46 bits per heavy atom. The fraction of sp³-hybridized carbons (Fsp3) is 0.818. The second-order valence-electron chi connectivity index (χ2n) is 3.91. The van der Waals surface area contributed by atoms with E-state index in [9.17, 15) is 0 Å². The van der Waals surface area contributed by atoms with E-state index >= 15 is 0 Å². The van der Waals surface area contributed by atoms with Crippen LogP contribution in [0.3, 0.4) is 0 Å². The van der Waals surface area contributed by atoms with Crippen LogP contribution in [0.15, 0.2) is 0 Å². The molecule has 2 N–H and O–H groups in total. The zero-order valence-corrected chi connectivity index (χ0v) is 9.14. The van der Waals surface area contributed by atoms with E-state index in [4.69, 9.17) is 12.2 Å². The van der Waals surface area contributed by atoms with Crippen LogP contribution in [0.25, 0.3) is 0 Å². The first-order valence-corrected chi connectivity index (χ1v) is 5.00. The maximum Gasteiger partial charge on any atom is 0.0599 e. The van der Waals surface area contributed by atoms with Gasteiger partial charge in [-0.25, -0.2) is 0 Å². The van der Waals surface area contributed by atoms with E-state index in [-0.39, 0.29) is 5.54 Å². The number of likely N-dealkylation sites (N-methyl/N-ethyl adjacent to an activating group) is 1. The smallest absolute Gasteiger partial charge is 0.0599 e. The molecule has 0 bridgehead atoms. The molecular weight excluding hydrogens is 160 g/mol. The largest absolute Gasteiger partial charge is 0.324 e. The Bertz CT molecular complexity index is 167. The van der Waals surface area contributed by atoms with Crippen molar-refractivity contribution in [2.24, 2.45) is 5.73 Å². The Morgan fingerprint density at radius 1 is 1.46 bits per heavy atom. The van der Waals surface area contributed by atoms with Gasteiger partial charge in [0.1, 0.15) is 0 Å². The third-order valence-electron chi connectivity index (χ3n) is 2.17. The van der Waals surface area contributed by atoms with Crippen LogP contribution in [0.2, 0.25) is 0 Å². The highest BCUT2D eigenvalue weighted by atomic mass is 15.1. The van der Waals surface area contributed by atoms with Gasteiger partial charge in [0, 0.05) is 12.1 Å². The van der Waals surface area contributed by atoms with Gasteiger partial charge in [-0.05, 0) is 19.9 Å². The van der Waals surface area contributed by atoms with Crippen molar-refractivity contribution in [2.75, 3.05) is 19.6 Å². The molecule has 0 fully saturated rings. The SMILES string of the molecule is C#CCN(CC)CC(C)(N)CCC. The van der Waals surface area contributed by atoms with E-state index in [0.29, 0.717) is 6.54 Å². The van der Waals surface area contributed by atoms with Crippen molar-refractivity contribution in [2.45, 2.75) is 39.2 Å². The number of nitrogens with zero attached hydrogens (tertiary/aromatic N) is 1. The Kier molecular flexibility index (Phi) is 5.77. The Hall–Kier alpha value is -0.520. The average molecular weight is 182 g/mol. The molecule has 0 aromatic heterocycles. The first kappa shape index (κ1) is 12.5. The maximum absolute atomic E-state index is 6.12. The first-order chi connectivity index (χ1) is 6.05. The highest BCUT2D eigenvalue weighted by molar-refractivity contribution is 4.91. The van der Waals surface area contributed by atoms with Crippen LogP contribution in [0.1, 0.15) is 33.6 Å². The molecule has 76 valence electrons. The molecule has 0 radical (unpaired) electrons. The lowest BCUT2D eigenvalue weighted by atomic mass is 9.97. The molecule has 0 aliphatic heterocycles. The fourth-order valence-corrected chi connectivity index (χ4v) is 1.57. The molecular formula is C11H22N2. The van der Waals surface area contributed by atoms with Gasteiger partial charge < -0.3 is 5.73 Å². The van der Waals surface area contributed by atoms with Gasteiger partial charge in [-0.15, -0.1) is 6.42 Å². The van der Waals surface area contributed by atoms with Crippen LogP contribution in [0, 0.1) is 12.3 Å². The topological polar surface area (TPSA) is 29.3 Å². The van der Waals surface area contributed by atoms with Gasteiger partial charge in [-0.2, -0.15) is 0 Å². The summed E-state index contributed by atoms with van der Waals surface area (Å²) in [4.78, 5) is 2.20. The zero-order valence-electron chi connectivity index (χ0n) is 9.14. The number of nitrogens with two attached hydrogens (primary N) is 1. The van der Waals surface area contributed by atoms with E-state index < -0.39 is 0 Å². The summed E-state index contributed by atoms with van der Waals surface area (Å²) >= 11 is 0. The van der Waals surface area contributed by atoms with Gasteiger partial charge in [-0.3, -0.25) is 4.90 Å². The van der Waals surface area contributed by atoms with E-state index in [2.05, 4.69) is 31.6 Å². The minimum Gasteiger partial charge on any atom is -0.324 e. The first-order valence-electron chi connectivity index (χ1n) is 5.00. The second kappa shape index (κ2) is 6.01. The molecule has 0 amide bonds. The molecule has 0 aliphatic rings. The van der Waals surface area contributed by atoms with Crippen molar-refractivity contribution >= 4 is 0 Å². The molecule has 2 nitrogen and oxygen atoms in total. The molecule has 0 spiro atoms. The highest BCUT2D eigenvalue weighted by Gasteiger charge is 2.19. The Morgan fingerprint density at radius 2 is 2.08 bits per heavy atom. The number of rotatable bonds is 6. The summed E-state index contributed by atoms with van der Waals surface area (Å²) in [6.07, 6.45) is 7.44. The predicted molar refractivity (Wildman–Crippen MR) is 58.4 cm³/mol. The van der Waals surface area contributed by atoms with Crippen molar-refractivity contribution < 1.29 is 0 Å². The van der Waals surface area contributed by atoms with Crippen molar-refractivity contribution in [1.29, 1.82) is 0 Å². The predicted octanol–water partition coefficient (Wildman–Crippen LogP) is 1.46. The second-order valence-corrected chi connectivity index (χ2v) is 3.91. The van der Waals surface area contributed by atoms with Crippen LogP contribution in [-0.2, 0) is 0 Å². The zero-order chi connectivity index (χ0) is 10.3. The van der Waals surface area contributed by atoms with Crippen molar-refractivity contribution in [3.8, 4) is 12.3 Å². The van der Waals surface area contributed by atoms with Gasteiger partial charge in [0.2, 0.25) is 0 Å². The monoisotopic (exact) mass is 182 g/mol. The molecule has 0 heterocycles. The molecule has 0 saturated heterocycles. The van der Waals surface area contributed by atoms with Crippen LogP contribution in [0.4, 0.5) is 0 Å². The molecule has 0 aromatic carbocycles. The van der Waals surface area contributed by atoms with Crippen LogP contribution < -0.4 is 5.73 Å². The van der Waals surface area contributed by atoms with Crippen LogP contribution >= 0.6 is 0 Å². The summed E-state index contributed by atoms with van der Waals surface area (Å²) in [6, 6.07) is 0. The van der Waals surface area contributed by atoms with Crippen molar-refractivity contribution in [1.82, 2.24) is 4.90 Å². The van der Waals surface area contributed by atoms with E-state index in [0.717, 1.165) is 25.9 Å².